The lowest BCUT2D eigenvalue weighted by atomic mass is 10.1. The van der Waals surface area contributed by atoms with Crippen molar-refractivity contribution < 1.29 is 18.7 Å². The Kier molecular flexibility index (Phi) is 5.48. The molecular formula is C24H15Cl2N5O4. The van der Waals surface area contributed by atoms with E-state index in [2.05, 4.69) is 25.3 Å². The Morgan fingerprint density at radius 3 is 2.63 bits per heavy atom. The lowest BCUT2D eigenvalue weighted by molar-refractivity contribution is 0.171. The van der Waals surface area contributed by atoms with Crippen molar-refractivity contribution in [2.45, 2.75) is 0 Å². The third-order valence-electron chi connectivity index (χ3n) is 5.20. The highest BCUT2D eigenvalue weighted by Gasteiger charge is 2.17. The Bertz CT molecular complexity index is 1520. The van der Waals surface area contributed by atoms with Gasteiger partial charge < -0.3 is 18.7 Å². The monoisotopic (exact) mass is 507 g/mol. The van der Waals surface area contributed by atoms with E-state index in [1.165, 1.54) is 0 Å². The Morgan fingerprint density at radius 2 is 1.77 bits per heavy atom. The van der Waals surface area contributed by atoms with Gasteiger partial charge >= 0.3 is 0 Å². The number of hydrogen-bond donors (Lipinski definition) is 1. The summed E-state index contributed by atoms with van der Waals surface area (Å²) in [5, 5.41) is 12.1. The van der Waals surface area contributed by atoms with Gasteiger partial charge in [0, 0.05) is 23.4 Å². The number of fused-ring (bicyclic) bond motifs is 1. The second kappa shape index (κ2) is 8.94. The van der Waals surface area contributed by atoms with E-state index in [0.717, 1.165) is 11.3 Å². The smallest absolute Gasteiger partial charge is 0.276 e. The summed E-state index contributed by atoms with van der Waals surface area (Å²) in [4.78, 5) is 8.75. The van der Waals surface area contributed by atoms with Crippen LogP contribution in [-0.4, -0.2) is 38.5 Å². The molecule has 0 spiro atoms. The van der Waals surface area contributed by atoms with Gasteiger partial charge in [0.2, 0.25) is 11.7 Å². The predicted octanol–water partition coefficient (Wildman–Crippen LogP) is 6.06. The van der Waals surface area contributed by atoms with Crippen molar-refractivity contribution in [2.75, 3.05) is 13.2 Å². The summed E-state index contributed by atoms with van der Waals surface area (Å²) in [5.74, 6) is 2.83. The highest BCUT2D eigenvalue weighted by atomic mass is 35.5. The van der Waals surface area contributed by atoms with Crippen LogP contribution in [0, 0.1) is 0 Å². The van der Waals surface area contributed by atoms with Gasteiger partial charge in [-0.25, -0.2) is 4.98 Å². The lowest BCUT2D eigenvalue weighted by Gasteiger charge is -2.18. The third kappa shape index (κ3) is 4.27. The van der Waals surface area contributed by atoms with E-state index in [0.29, 0.717) is 69.3 Å². The molecule has 0 aliphatic carbocycles. The molecule has 3 aromatic heterocycles. The van der Waals surface area contributed by atoms with E-state index in [4.69, 9.17) is 41.9 Å². The molecule has 4 heterocycles. The highest BCUT2D eigenvalue weighted by Crippen LogP contribution is 2.36. The van der Waals surface area contributed by atoms with Gasteiger partial charge in [0.05, 0.1) is 10.7 Å². The molecule has 1 aliphatic rings. The molecule has 5 aromatic rings. The first-order valence-corrected chi connectivity index (χ1v) is 11.3. The molecule has 11 heteroatoms. The number of nitrogens with zero attached hydrogens (tertiary/aromatic N) is 4. The number of ether oxygens (including phenoxy) is 3. The van der Waals surface area contributed by atoms with Crippen LogP contribution in [0.15, 0.2) is 65.3 Å². The zero-order valence-electron chi connectivity index (χ0n) is 17.9. The lowest BCUT2D eigenvalue weighted by Crippen LogP contribution is -2.15. The Labute approximate surface area is 208 Å². The Balaban J connectivity index is 1.19. The van der Waals surface area contributed by atoms with Crippen LogP contribution in [0.3, 0.4) is 0 Å². The molecule has 0 saturated heterocycles. The maximum Gasteiger partial charge on any atom is 0.276 e. The van der Waals surface area contributed by atoms with Crippen molar-refractivity contribution in [1.82, 2.24) is 25.3 Å². The number of halogens is 2. The van der Waals surface area contributed by atoms with Gasteiger partial charge in [0.15, 0.2) is 11.5 Å². The molecule has 9 nitrogen and oxygen atoms in total. The SMILES string of the molecule is Clc1cccc(Oc2ccc(-c3noc(-c4cc(-c5ccc6c(c5)OCCO6)n[nH]4)n3)cn2)c1Cl. The van der Waals surface area contributed by atoms with Gasteiger partial charge in [0.25, 0.3) is 5.89 Å². The molecule has 0 radical (unpaired) electrons. The van der Waals surface area contributed by atoms with Gasteiger partial charge in [0.1, 0.15) is 29.7 Å². The molecule has 0 bridgehead atoms. The van der Waals surface area contributed by atoms with E-state index in [-0.39, 0.29) is 0 Å². The average Bonchev–Trinajstić information content (AvgIpc) is 3.57. The number of pyridine rings is 1. The normalized spacial score (nSPS) is 12.5. The average molecular weight is 508 g/mol. The minimum Gasteiger partial charge on any atom is -0.486 e. The largest absolute Gasteiger partial charge is 0.486 e. The number of nitrogens with one attached hydrogen (secondary N) is 1. The van der Waals surface area contributed by atoms with Crippen LogP contribution in [-0.2, 0) is 0 Å². The summed E-state index contributed by atoms with van der Waals surface area (Å²) in [6.07, 6.45) is 1.58. The number of rotatable bonds is 5. The number of benzene rings is 2. The van der Waals surface area contributed by atoms with Crippen molar-refractivity contribution in [1.29, 1.82) is 0 Å². The van der Waals surface area contributed by atoms with E-state index >= 15 is 0 Å². The quantitative estimate of drug-likeness (QED) is 0.305. The molecule has 0 fully saturated rings. The van der Waals surface area contributed by atoms with Crippen LogP contribution in [0.1, 0.15) is 0 Å². The van der Waals surface area contributed by atoms with Gasteiger partial charge in [-0.2, -0.15) is 10.1 Å². The van der Waals surface area contributed by atoms with Crippen LogP contribution in [0.2, 0.25) is 10.0 Å². The first-order valence-electron chi connectivity index (χ1n) is 10.5. The van der Waals surface area contributed by atoms with Crippen molar-refractivity contribution in [3.05, 3.63) is 70.8 Å². The minimum absolute atomic E-state index is 0.294. The minimum atomic E-state index is 0.294. The molecule has 35 heavy (non-hydrogen) atoms. The highest BCUT2D eigenvalue weighted by molar-refractivity contribution is 6.42. The first kappa shape index (κ1) is 21.5. The van der Waals surface area contributed by atoms with Crippen LogP contribution < -0.4 is 14.2 Å². The predicted molar refractivity (Wildman–Crippen MR) is 128 cm³/mol. The third-order valence-corrected chi connectivity index (χ3v) is 6.00. The maximum absolute atomic E-state index is 6.17. The molecule has 0 atom stereocenters. The number of hydrogen-bond acceptors (Lipinski definition) is 8. The first-order chi connectivity index (χ1) is 17.1. The fourth-order valence-corrected chi connectivity index (χ4v) is 3.81. The fraction of sp³-hybridized carbons (Fsp3) is 0.0833. The number of H-pyrrole nitrogens is 1. The Hall–Kier alpha value is -4.08. The van der Waals surface area contributed by atoms with E-state index in [1.807, 2.05) is 24.3 Å². The van der Waals surface area contributed by atoms with Gasteiger partial charge in [-0.1, -0.05) is 34.4 Å². The molecule has 174 valence electrons. The van der Waals surface area contributed by atoms with Crippen LogP contribution in [0.25, 0.3) is 34.2 Å². The summed E-state index contributed by atoms with van der Waals surface area (Å²) < 4.78 is 22.4. The standard InChI is InChI=1S/C24H15Cl2N5O4/c25-15-2-1-3-19(22(15)26)34-21-7-5-14(12-27-21)23-28-24(35-31-23)17-11-16(29-30-17)13-4-6-18-20(10-13)33-9-8-32-18/h1-7,10-12H,8-9H2,(H,29,30). The molecule has 0 unspecified atom stereocenters. The van der Waals surface area contributed by atoms with Crippen molar-refractivity contribution >= 4 is 23.2 Å². The number of aromatic amines is 1. The second-order valence-electron chi connectivity index (χ2n) is 7.49. The summed E-state index contributed by atoms with van der Waals surface area (Å²) in [6, 6.07) is 16.1. The molecule has 0 saturated carbocycles. The topological polar surface area (TPSA) is 108 Å². The molecule has 1 N–H and O–H groups in total. The van der Waals surface area contributed by atoms with Gasteiger partial charge in [-0.05, 0) is 42.5 Å². The van der Waals surface area contributed by atoms with Crippen molar-refractivity contribution in [3.63, 3.8) is 0 Å². The van der Waals surface area contributed by atoms with E-state index < -0.39 is 0 Å². The van der Waals surface area contributed by atoms with Gasteiger partial charge in [-0.3, -0.25) is 5.10 Å². The van der Waals surface area contributed by atoms with E-state index in [1.54, 1.807) is 36.5 Å². The zero-order chi connectivity index (χ0) is 23.8. The summed E-state index contributed by atoms with van der Waals surface area (Å²) in [5.41, 5.74) is 2.81. The molecule has 0 amide bonds. The second-order valence-corrected chi connectivity index (χ2v) is 8.27. The van der Waals surface area contributed by atoms with Crippen molar-refractivity contribution in [2.24, 2.45) is 0 Å². The van der Waals surface area contributed by atoms with E-state index in [9.17, 15) is 0 Å². The molecule has 1 aliphatic heterocycles. The fourth-order valence-electron chi connectivity index (χ4n) is 3.48. The maximum atomic E-state index is 6.17. The summed E-state index contributed by atoms with van der Waals surface area (Å²) >= 11 is 12.2. The van der Waals surface area contributed by atoms with Crippen LogP contribution >= 0.6 is 23.2 Å². The summed E-state index contributed by atoms with van der Waals surface area (Å²) in [6.45, 7) is 1.06. The van der Waals surface area contributed by atoms with Crippen LogP contribution in [0.5, 0.6) is 23.1 Å². The Morgan fingerprint density at radius 1 is 0.914 bits per heavy atom. The molecule has 6 rings (SSSR count). The van der Waals surface area contributed by atoms with Gasteiger partial charge in [-0.15, -0.1) is 0 Å². The molecular weight excluding hydrogens is 493 g/mol. The molecule has 2 aromatic carbocycles. The zero-order valence-corrected chi connectivity index (χ0v) is 19.4. The van der Waals surface area contributed by atoms with Crippen molar-refractivity contribution in [3.8, 4) is 57.4 Å². The summed E-state index contributed by atoms with van der Waals surface area (Å²) in [7, 11) is 0. The van der Waals surface area contributed by atoms with Crippen LogP contribution in [0.4, 0.5) is 0 Å². The number of aromatic nitrogens is 5.